The molecule has 0 aromatic carbocycles. The molecule has 2 aromatic heterocycles. The summed E-state index contributed by atoms with van der Waals surface area (Å²) in [4.78, 5) is 31.1. The van der Waals surface area contributed by atoms with Gasteiger partial charge in [0.25, 0.3) is 5.89 Å². The van der Waals surface area contributed by atoms with Crippen LogP contribution < -0.4 is 5.32 Å². The molecule has 0 spiro atoms. The summed E-state index contributed by atoms with van der Waals surface area (Å²) in [6.07, 6.45) is 1.56. The Morgan fingerprint density at radius 3 is 3.16 bits per heavy atom. The van der Waals surface area contributed by atoms with Gasteiger partial charge in [-0.15, -0.1) is 11.3 Å². The summed E-state index contributed by atoms with van der Waals surface area (Å²) >= 11 is 1.51. The first-order valence-corrected chi connectivity index (χ1v) is 8.96. The minimum Gasteiger partial charge on any atom is -0.375 e. The molecule has 134 valence electrons. The van der Waals surface area contributed by atoms with Crippen molar-refractivity contribution in [2.75, 3.05) is 26.8 Å². The van der Waals surface area contributed by atoms with Crippen LogP contribution in [0.3, 0.4) is 0 Å². The minimum atomic E-state index is -0.224. The van der Waals surface area contributed by atoms with Crippen molar-refractivity contribution in [2.24, 2.45) is 5.92 Å². The van der Waals surface area contributed by atoms with Crippen LogP contribution in [0.2, 0.25) is 0 Å². The molecule has 9 heteroatoms. The topological polar surface area (TPSA) is 97.6 Å². The molecule has 0 radical (unpaired) electrons. The first-order chi connectivity index (χ1) is 12.2. The number of amides is 2. The zero-order chi connectivity index (χ0) is 17.6. The summed E-state index contributed by atoms with van der Waals surface area (Å²) < 4.78 is 10.1. The van der Waals surface area contributed by atoms with Crippen LogP contribution in [-0.4, -0.2) is 53.7 Å². The highest BCUT2D eigenvalue weighted by molar-refractivity contribution is 7.13. The van der Waals surface area contributed by atoms with E-state index < -0.39 is 0 Å². The average molecular weight is 364 g/mol. The smallest absolute Gasteiger partial charge is 0.268 e. The normalized spacial score (nSPS) is 17.5. The lowest BCUT2D eigenvalue weighted by molar-refractivity contribution is -0.139. The minimum absolute atomic E-state index is 0.0443. The van der Waals surface area contributed by atoms with E-state index >= 15 is 0 Å². The van der Waals surface area contributed by atoms with Gasteiger partial charge in [-0.1, -0.05) is 11.2 Å². The first kappa shape index (κ1) is 17.6. The third-order valence-electron chi connectivity index (χ3n) is 4.03. The third-order valence-corrected chi connectivity index (χ3v) is 4.89. The molecule has 0 saturated carbocycles. The second kappa shape index (κ2) is 8.21. The van der Waals surface area contributed by atoms with Crippen LogP contribution in [0.4, 0.5) is 0 Å². The molecular formula is C16H20N4O4S. The zero-order valence-corrected chi connectivity index (χ0v) is 14.8. The van der Waals surface area contributed by atoms with Crippen LogP contribution in [0.5, 0.6) is 0 Å². The van der Waals surface area contributed by atoms with Crippen LogP contribution in [-0.2, 0) is 20.9 Å². The van der Waals surface area contributed by atoms with Gasteiger partial charge in [-0.25, -0.2) is 0 Å². The zero-order valence-electron chi connectivity index (χ0n) is 13.9. The van der Waals surface area contributed by atoms with Crippen molar-refractivity contribution in [1.82, 2.24) is 20.4 Å². The number of methoxy groups -OCH3 is 1. The summed E-state index contributed by atoms with van der Waals surface area (Å²) in [6.45, 7) is 1.33. The lowest BCUT2D eigenvalue weighted by Crippen LogP contribution is -2.46. The van der Waals surface area contributed by atoms with E-state index in [9.17, 15) is 9.59 Å². The maximum atomic E-state index is 12.4. The Labute approximate surface area is 149 Å². The van der Waals surface area contributed by atoms with Crippen molar-refractivity contribution in [3.63, 3.8) is 0 Å². The van der Waals surface area contributed by atoms with Crippen LogP contribution >= 0.6 is 11.3 Å². The molecule has 8 nitrogen and oxygen atoms in total. The Balaban J connectivity index is 1.51. The summed E-state index contributed by atoms with van der Waals surface area (Å²) in [7, 11) is 1.49. The van der Waals surface area contributed by atoms with Gasteiger partial charge in [-0.2, -0.15) is 4.98 Å². The van der Waals surface area contributed by atoms with Crippen LogP contribution in [0.25, 0.3) is 10.8 Å². The van der Waals surface area contributed by atoms with Gasteiger partial charge in [0.15, 0.2) is 5.82 Å². The Kier molecular flexibility index (Phi) is 5.77. The summed E-state index contributed by atoms with van der Waals surface area (Å²) in [5, 5.41) is 8.64. The number of rotatable bonds is 6. The van der Waals surface area contributed by atoms with Gasteiger partial charge in [-0.3, -0.25) is 9.59 Å². The first-order valence-electron chi connectivity index (χ1n) is 8.08. The van der Waals surface area contributed by atoms with Crippen molar-refractivity contribution >= 4 is 23.2 Å². The number of carbonyl (C=O) groups excluding carboxylic acids is 2. The predicted molar refractivity (Wildman–Crippen MR) is 90.6 cm³/mol. The van der Waals surface area contributed by atoms with E-state index in [1.54, 1.807) is 4.90 Å². The maximum absolute atomic E-state index is 12.4. The van der Waals surface area contributed by atoms with Crippen molar-refractivity contribution in [3.05, 3.63) is 23.3 Å². The summed E-state index contributed by atoms with van der Waals surface area (Å²) in [6, 6.07) is 3.81. The number of likely N-dealkylation sites (tertiary alicyclic amines) is 1. The molecule has 1 fully saturated rings. The quantitative estimate of drug-likeness (QED) is 0.830. The lowest BCUT2D eigenvalue weighted by atomic mass is 9.97. The maximum Gasteiger partial charge on any atom is 0.268 e. The molecule has 2 aromatic rings. The van der Waals surface area contributed by atoms with E-state index in [1.807, 2.05) is 17.5 Å². The fourth-order valence-corrected chi connectivity index (χ4v) is 3.41. The van der Waals surface area contributed by atoms with Crippen molar-refractivity contribution in [3.8, 4) is 10.8 Å². The van der Waals surface area contributed by atoms with E-state index in [4.69, 9.17) is 9.26 Å². The predicted octanol–water partition coefficient (Wildman–Crippen LogP) is 1.30. The Bertz CT molecular complexity index is 716. The molecular weight excluding hydrogens is 344 g/mol. The van der Waals surface area contributed by atoms with Crippen molar-refractivity contribution in [1.29, 1.82) is 0 Å². The highest BCUT2D eigenvalue weighted by atomic mass is 32.1. The van der Waals surface area contributed by atoms with Gasteiger partial charge in [0.1, 0.15) is 6.61 Å². The number of thiophene rings is 1. The molecule has 1 atom stereocenters. The average Bonchev–Trinajstić information content (AvgIpc) is 3.31. The number of hydrogen-bond acceptors (Lipinski definition) is 7. The molecule has 0 aliphatic carbocycles. The number of piperidine rings is 1. The standard InChI is InChI=1S/C16H20N4O4S/c1-23-10-14(21)20-6-2-4-11(9-20)15(22)17-8-13-18-16(24-19-13)12-5-3-7-25-12/h3,5,7,11H,2,4,6,8-10H2,1H3,(H,17,22). The van der Waals surface area contributed by atoms with Gasteiger partial charge < -0.3 is 19.5 Å². The second-order valence-electron chi connectivity index (χ2n) is 5.82. The van der Waals surface area contributed by atoms with Crippen LogP contribution in [0, 0.1) is 5.92 Å². The molecule has 2 amide bonds. The van der Waals surface area contributed by atoms with Crippen LogP contribution in [0.15, 0.2) is 22.0 Å². The molecule has 3 rings (SSSR count). The van der Waals surface area contributed by atoms with Gasteiger partial charge in [0.05, 0.1) is 17.3 Å². The number of nitrogens with one attached hydrogen (secondary N) is 1. The van der Waals surface area contributed by atoms with Gasteiger partial charge in [0.2, 0.25) is 11.8 Å². The van der Waals surface area contributed by atoms with Gasteiger partial charge >= 0.3 is 0 Å². The fourth-order valence-electron chi connectivity index (χ4n) is 2.77. The second-order valence-corrected chi connectivity index (χ2v) is 6.77. The van der Waals surface area contributed by atoms with Crippen LogP contribution in [0.1, 0.15) is 18.7 Å². The highest BCUT2D eigenvalue weighted by Crippen LogP contribution is 2.22. The molecule has 1 aliphatic heterocycles. The van der Waals surface area contributed by atoms with Crippen molar-refractivity contribution < 1.29 is 18.8 Å². The largest absolute Gasteiger partial charge is 0.375 e. The molecule has 1 saturated heterocycles. The van der Waals surface area contributed by atoms with E-state index in [0.29, 0.717) is 24.8 Å². The molecule has 1 N–H and O–H groups in total. The van der Waals surface area contributed by atoms with Gasteiger partial charge in [0, 0.05) is 20.2 Å². The third kappa shape index (κ3) is 4.43. The number of nitrogens with zero attached hydrogens (tertiary/aromatic N) is 3. The molecule has 3 heterocycles. The Morgan fingerprint density at radius 1 is 1.52 bits per heavy atom. The lowest BCUT2D eigenvalue weighted by Gasteiger charge is -2.31. The van der Waals surface area contributed by atoms with Crippen molar-refractivity contribution in [2.45, 2.75) is 19.4 Å². The Morgan fingerprint density at radius 2 is 2.40 bits per heavy atom. The molecule has 1 aliphatic rings. The van der Waals surface area contributed by atoms with E-state index in [-0.39, 0.29) is 30.9 Å². The monoisotopic (exact) mass is 364 g/mol. The number of hydrogen-bond donors (Lipinski definition) is 1. The van der Waals surface area contributed by atoms with E-state index in [2.05, 4.69) is 15.5 Å². The van der Waals surface area contributed by atoms with Gasteiger partial charge in [-0.05, 0) is 24.3 Å². The fraction of sp³-hybridized carbons (Fsp3) is 0.500. The number of aromatic nitrogens is 2. The number of ether oxygens (including phenoxy) is 1. The summed E-state index contributed by atoms with van der Waals surface area (Å²) in [5.41, 5.74) is 0. The highest BCUT2D eigenvalue weighted by Gasteiger charge is 2.28. The SMILES string of the molecule is COCC(=O)N1CCCC(C(=O)NCc2noc(-c3cccs3)n2)C1. The molecule has 1 unspecified atom stereocenters. The number of carbonyl (C=O) groups is 2. The Hall–Kier alpha value is -2.26. The van der Waals surface area contributed by atoms with E-state index in [1.165, 1.54) is 18.4 Å². The molecule has 0 bridgehead atoms. The summed E-state index contributed by atoms with van der Waals surface area (Å²) in [5.74, 6) is 0.475. The van der Waals surface area contributed by atoms with E-state index in [0.717, 1.165) is 17.7 Å². The molecule has 25 heavy (non-hydrogen) atoms.